The molecule has 0 aromatic heterocycles. The summed E-state index contributed by atoms with van der Waals surface area (Å²) in [4.78, 5) is 14.6. The molecule has 0 bridgehead atoms. The van der Waals surface area contributed by atoms with Crippen LogP contribution in [0.5, 0.6) is 11.5 Å². The summed E-state index contributed by atoms with van der Waals surface area (Å²) in [5, 5.41) is 40.4. The number of amides is 1. The lowest BCUT2D eigenvalue weighted by atomic mass is 9.94. The van der Waals surface area contributed by atoms with Crippen molar-refractivity contribution < 1.29 is 25.2 Å². The topological polar surface area (TPSA) is 101 Å². The van der Waals surface area contributed by atoms with E-state index in [1.54, 1.807) is 6.07 Å². The molecule has 180 valence electrons. The molecule has 0 atom stereocenters. The summed E-state index contributed by atoms with van der Waals surface area (Å²) in [5.41, 5.74) is 3.48. The molecule has 0 aliphatic heterocycles. The van der Waals surface area contributed by atoms with Crippen LogP contribution in [0.4, 0.5) is 0 Å². The number of hydrogen-bond acceptors (Lipinski definition) is 5. The van der Waals surface area contributed by atoms with Crippen molar-refractivity contribution in [2.45, 2.75) is 72.6 Å². The summed E-state index contributed by atoms with van der Waals surface area (Å²) in [7, 11) is 0. The van der Waals surface area contributed by atoms with Crippen LogP contribution in [0.15, 0.2) is 29.4 Å². The number of hydrogen-bond donors (Lipinski definition) is 4. The standard InChI is InChI=1S/C26H41NO5/c1-5-6-7-11-21-18-23(30)22(13-12-20(4)10-8-9-19(2)3)25(31)24(21)26(32)27(14-16-28)15-17-29/h9,12,18,28-31H,5-8,10-11,13-17H2,1-4H3. The number of carbonyl (C=O) groups excluding carboxylic acids is 1. The zero-order valence-corrected chi connectivity index (χ0v) is 20.2. The van der Waals surface area contributed by atoms with E-state index in [9.17, 15) is 25.2 Å². The van der Waals surface area contributed by atoms with Crippen molar-refractivity contribution in [3.63, 3.8) is 0 Å². The number of aliphatic hydroxyl groups excluding tert-OH is 2. The summed E-state index contributed by atoms with van der Waals surface area (Å²) in [5.74, 6) is -0.673. The number of phenolic OH excluding ortho intramolecular Hbond substituents is 2. The molecule has 6 nitrogen and oxygen atoms in total. The Bertz CT molecular complexity index is 788. The number of aryl methyl sites for hydroxylation is 1. The molecule has 32 heavy (non-hydrogen) atoms. The Morgan fingerprint density at radius 1 is 1.03 bits per heavy atom. The van der Waals surface area contributed by atoms with Crippen molar-refractivity contribution in [3.05, 3.63) is 46.1 Å². The molecule has 1 aromatic rings. The van der Waals surface area contributed by atoms with E-state index in [1.165, 1.54) is 10.5 Å². The molecule has 0 saturated heterocycles. The second kappa shape index (κ2) is 14.7. The lowest BCUT2D eigenvalue weighted by Crippen LogP contribution is -2.36. The van der Waals surface area contributed by atoms with Gasteiger partial charge in [0.15, 0.2) is 0 Å². The number of aliphatic hydroxyl groups is 2. The molecule has 0 fully saturated rings. The quantitative estimate of drug-likeness (QED) is 0.249. The maximum absolute atomic E-state index is 13.2. The van der Waals surface area contributed by atoms with Crippen LogP contribution in [0.2, 0.25) is 0 Å². The molecule has 0 aliphatic rings. The predicted molar refractivity (Wildman–Crippen MR) is 129 cm³/mol. The molecule has 1 aromatic carbocycles. The highest BCUT2D eigenvalue weighted by Gasteiger charge is 2.25. The Morgan fingerprint density at radius 3 is 2.25 bits per heavy atom. The van der Waals surface area contributed by atoms with E-state index in [2.05, 4.69) is 26.8 Å². The maximum Gasteiger partial charge on any atom is 0.258 e. The molecule has 0 spiro atoms. The molecule has 0 saturated carbocycles. The minimum absolute atomic E-state index is 0.0187. The molecule has 0 aliphatic carbocycles. The van der Waals surface area contributed by atoms with Crippen molar-refractivity contribution in [1.29, 1.82) is 0 Å². The number of carbonyl (C=O) groups is 1. The number of rotatable bonds is 14. The zero-order valence-electron chi connectivity index (χ0n) is 20.2. The number of phenols is 2. The van der Waals surface area contributed by atoms with Gasteiger partial charge in [-0.1, -0.05) is 43.1 Å². The van der Waals surface area contributed by atoms with Gasteiger partial charge < -0.3 is 25.3 Å². The monoisotopic (exact) mass is 447 g/mol. The van der Waals surface area contributed by atoms with Gasteiger partial charge in [0.05, 0.1) is 18.8 Å². The van der Waals surface area contributed by atoms with Gasteiger partial charge in [0.2, 0.25) is 0 Å². The highest BCUT2D eigenvalue weighted by Crippen LogP contribution is 2.36. The highest BCUT2D eigenvalue weighted by molar-refractivity contribution is 5.99. The van der Waals surface area contributed by atoms with E-state index in [0.29, 0.717) is 24.0 Å². The largest absolute Gasteiger partial charge is 0.508 e. The number of unbranched alkanes of at least 4 members (excludes halogenated alkanes) is 2. The van der Waals surface area contributed by atoms with Gasteiger partial charge in [-0.15, -0.1) is 0 Å². The molecular formula is C26H41NO5. The summed E-state index contributed by atoms with van der Waals surface area (Å²) >= 11 is 0. The number of aromatic hydroxyl groups is 2. The smallest absolute Gasteiger partial charge is 0.258 e. The van der Waals surface area contributed by atoms with Crippen LogP contribution in [-0.2, 0) is 12.8 Å². The maximum atomic E-state index is 13.2. The molecule has 4 N–H and O–H groups in total. The third-order valence-corrected chi connectivity index (χ3v) is 5.50. The summed E-state index contributed by atoms with van der Waals surface area (Å²) in [6, 6.07) is 1.58. The second-order valence-corrected chi connectivity index (χ2v) is 8.53. The van der Waals surface area contributed by atoms with E-state index in [0.717, 1.165) is 37.7 Å². The molecule has 6 heteroatoms. The molecule has 0 unspecified atom stereocenters. The fourth-order valence-electron chi connectivity index (χ4n) is 3.63. The van der Waals surface area contributed by atoms with E-state index in [4.69, 9.17) is 0 Å². The Kier molecular flexibility index (Phi) is 12.7. The van der Waals surface area contributed by atoms with Crippen LogP contribution in [0.25, 0.3) is 0 Å². The van der Waals surface area contributed by atoms with Crippen molar-refractivity contribution >= 4 is 5.91 Å². The Morgan fingerprint density at radius 2 is 1.69 bits per heavy atom. The number of nitrogens with zero attached hydrogens (tertiary/aromatic N) is 1. The Labute approximate surface area is 192 Å². The summed E-state index contributed by atoms with van der Waals surface area (Å²) in [6.07, 6.45) is 9.64. The summed E-state index contributed by atoms with van der Waals surface area (Å²) in [6.45, 7) is 7.87. The van der Waals surface area contributed by atoms with Crippen LogP contribution in [0.3, 0.4) is 0 Å². The first-order chi connectivity index (χ1) is 15.3. The number of benzene rings is 1. The van der Waals surface area contributed by atoms with Crippen molar-refractivity contribution in [2.24, 2.45) is 0 Å². The van der Waals surface area contributed by atoms with Crippen LogP contribution in [0.1, 0.15) is 81.3 Å². The van der Waals surface area contributed by atoms with Gasteiger partial charge in [-0.05, 0) is 64.5 Å². The van der Waals surface area contributed by atoms with Crippen molar-refractivity contribution in [1.82, 2.24) is 4.90 Å². The van der Waals surface area contributed by atoms with Crippen LogP contribution in [-0.4, -0.2) is 57.5 Å². The van der Waals surface area contributed by atoms with Gasteiger partial charge in [-0.2, -0.15) is 0 Å². The van der Waals surface area contributed by atoms with Crippen molar-refractivity contribution in [2.75, 3.05) is 26.3 Å². The van der Waals surface area contributed by atoms with Gasteiger partial charge in [0.1, 0.15) is 11.5 Å². The summed E-state index contributed by atoms with van der Waals surface area (Å²) < 4.78 is 0. The number of allylic oxidation sites excluding steroid dienone is 4. The Hall–Kier alpha value is -2.31. The zero-order chi connectivity index (χ0) is 24.1. The molecule has 0 heterocycles. The minimum atomic E-state index is -0.442. The predicted octanol–water partition coefficient (Wildman–Crippen LogP) is 4.49. The van der Waals surface area contributed by atoms with Gasteiger partial charge in [-0.25, -0.2) is 0 Å². The Balaban J connectivity index is 3.31. The van der Waals surface area contributed by atoms with Crippen LogP contribution < -0.4 is 0 Å². The van der Waals surface area contributed by atoms with Crippen LogP contribution in [0, 0.1) is 0 Å². The normalized spacial score (nSPS) is 11.5. The first-order valence-electron chi connectivity index (χ1n) is 11.6. The van der Waals surface area contributed by atoms with E-state index >= 15 is 0 Å². The average Bonchev–Trinajstić information content (AvgIpc) is 2.73. The second-order valence-electron chi connectivity index (χ2n) is 8.53. The SMILES string of the molecule is CCCCCc1cc(O)c(CC=C(C)CCC=C(C)C)c(O)c1C(=O)N(CCO)CCO. The average molecular weight is 448 g/mol. The lowest BCUT2D eigenvalue weighted by Gasteiger charge is -2.24. The first-order valence-corrected chi connectivity index (χ1v) is 11.6. The molecule has 0 radical (unpaired) electrons. The fraction of sp³-hybridized carbons (Fsp3) is 0.577. The molecular weight excluding hydrogens is 406 g/mol. The van der Waals surface area contributed by atoms with Gasteiger partial charge in [0, 0.05) is 18.7 Å². The minimum Gasteiger partial charge on any atom is -0.508 e. The van der Waals surface area contributed by atoms with Crippen LogP contribution >= 0.6 is 0 Å². The van der Waals surface area contributed by atoms with Crippen molar-refractivity contribution in [3.8, 4) is 11.5 Å². The molecule has 1 amide bonds. The lowest BCUT2D eigenvalue weighted by molar-refractivity contribution is 0.0680. The van der Waals surface area contributed by atoms with E-state index in [-0.39, 0.29) is 43.4 Å². The van der Waals surface area contributed by atoms with Gasteiger partial charge in [-0.3, -0.25) is 4.79 Å². The fourth-order valence-corrected chi connectivity index (χ4v) is 3.63. The third kappa shape index (κ3) is 8.67. The third-order valence-electron chi connectivity index (χ3n) is 5.50. The van der Waals surface area contributed by atoms with E-state index < -0.39 is 5.91 Å². The van der Waals surface area contributed by atoms with Gasteiger partial charge >= 0.3 is 0 Å². The molecule has 1 rings (SSSR count). The van der Waals surface area contributed by atoms with E-state index in [1.807, 2.05) is 13.0 Å². The first kappa shape index (κ1) is 27.7. The van der Waals surface area contributed by atoms with Gasteiger partial charge in [0.25, 0.3) is 5.91 Å². The highest BCUT2D eigenvalue weighted by atomic mass is 16.3.